The van der Waals surface area contributed by atoms with Crippen molar-refractivity contribution in [3.63, 3.8) is 0 Å². The lowest BCUT2D eigenvalue weighted by molar-refractivity contribution is 0.134. The predicted molar refractivity (Wildman–Crippen MR) is 73.1 cm³/mol. The van der Waals surface area contributed by atoms with Crippen molar-refractivity contribution in [3.8, 4) is 6.07 Å². The summed E-state index contributed by atoms with van der Waals surface area (Å²) in [4.78, 5) is 0. The molecule has 0 bridgehead atoms. The van der Waals surface area contributed by atoms with Crippen LogP contribution in [0.2, 0.25) is 0 Å². The number of halogens is 1. The number of nitrogens with one attached hydrogen (secondary N) is 1. The number of ether oxygens (including phenoxy) is 1. The fourth-order valence-corrected chi connectivity index (χ4v) is 1.90. The molecule has 0 aromatic heterocycles. The van der Waals surface area contributed by atoms with Crippen LogP contribution in [0, 0.1) is 11.3 Å². The number of rotatable bonds is 7. The van der Waals surface area contributed by atoms with E-state index >= 15 is 0 Å². The maximum atomic E-state index is 8.84. The normalized spacial score (nSPS) is 9.94. The molecule has 3 nitrogen and oxygen atoms in total. The molecule has 1 aromatic carbocycles. The maximum absolute atomic E-state index is 8.84. The van der Waals surface area contributed by atoms with E-state index in [-0.39, 0.29) is 0 Å². The van der Waals surface area contributed by atoms with E-state index in [0.717, 1.165) is 42.8 Å². The predicted octanol–water partition coefficient (Wildman–Crippen LogP) is 3.55. The maximum Gasteiger partial charge on any atom is 0.0992 e. The quantitative estimate of drug-likeness (QED) is 0.783. The van der Waals surface area contributed by atoms with Crippen molar-refractivity contribution in [2.75, 3.05) is 25.1 Å². The summed E-state index contributed by atoms with van der Waals surface area (Å²) < 4.78 is 6.31. The van der Waals surface area contributed by atoms with Crippen LogP contribution < -0.4 is 5.32 Å². The third-order valence-electron chi connectivity index (χ3n) is 2.17. The van der Waals surface area contributed by atoms with Gasteiger partial charge in [-0.05, 0) is 31.0 Å². The molecule has 0 unspecified atom stereocenters. The summed E-state index contributed by atoms with van der Waals surface area (Å²) in [5.74, 6) is 0. The van der Waals surface area contributed by atoms with Crippen LogP contribution in [0.15, 0.2) is 22.7 Å². The van der Waals surface area contributed by atoms with Gasteiger partial charge in [-0.25, -0.2) is 0 Å². The molecule has 0 aliphatic rings. The Morgan fingerprint density at radius 1 is 1.35 bits per heavy atom. The van der Waals surface area contributed by atoms with Gasteiger partial charge in [-0.2, -0.15) is 5.26 Å². The number of nitrogens with zero attached hydrogens (tertiary/aromatic N) is 1. The summed E-state index contributed by atoms with van der Waals surface area (Å²) in [5.41, 5.74) is 1.62. The Morgan fingerprint density at radius 2 is 2.18 bits per heavy atom. The lowest BCUT2D eigenvalue weighted by Crippen LogP contribution is -2.06. The van der Waals surface area contributed by atoms with Crippen molar-refractivity contribution in [2.24, 2.45) is 0 Å². The SMILES string of the molecule is CCCOCCCNc1cc(Br)cc(C#N)c1. The highest BCUT2D eigenvalue weighted by atomic mass is 79.9. The molecular formula is C13H17BrN2O. The minimum Gasteiger partial charge on any atom is -0.385 e. The van der Waals surface area contributed by atoms with Crippen molar-refractivity contribution in [2.45, 2.75) is 19.8 Å². The van der Waals surface area contributed by atoms with Gasteiger partial charge in [0.15, 0.2) is 0 Å². The molecule has 92 valence electrons. The van der Waals surface area contributed by atoms with E-state index in [2.05, 4.69) is 34.2 Å². The molecular weight excluding hydrogens is 280 g/mol. The van der Waals surface area contributed by atoms with E-state index in [9.17, 15) is 0 Å². The van der Waals surface area contributed by atoms with Crippen molar-refractivity contribution >= 4 is 21.6 Å². The summed E-state index contributed by atoms with van der Waals surface area (Å²) in [5, 5.41) is 12.1. The third kappa shape index (κ3) is 5.71. The highest BCUT2D eigenvalue weighted by molar-refractivity contribution is 9.10. The molecule has 17 heavy (non-hydrogen) atoms. The first kappa shape index (κ1) is 14.0. The van der Waals surface area contributed by atoms with Crippen LogP contribution in [0.1, 0.15) is 25.3 Å². The minimum absolute atomic E-state index is 0.657. The van der Waals surface area contributed by atoms with Gasteiger partial charge in [0.2, 0.25) is 0 Å². The van der Waals surface area contributed by atoms with E-state index in [1.54, 1.807) is 6.07 Å². The minimum atomic E-state index is 0.657. The van der Waals surface area contributed by atoms with Crippen molar-refractivity contribution in [3.05, 3.63) is 28.2 Å². The molecule has 0 aliphatic carbocycles. The van der Waals surface area contributed by atoms with Crippen molar-refractivity contribution in [1.82, 2.24) is 0 Å². The van der Waals surface area contributed by atoms with E-state index in [4.69, 9.17) is 10.00 Å². The van der Waals surface area contributed by atoms with Crippen molar-refractivity contribution in [1.29, 1.82) is 5.26 Å². The molecule has 0 radical (unpaired) electrons. The van der Waals surface area contributed by atoms with Gasteiger partial charge in [-0.3, -0.25) is 0 Å². The smallest absolute Gasteiger partial charge is 0.0992 e. The van der Waals surface area contributed by atoms with Gasteiger partial charge >= 0.3 is 0 Å². The summed E-state index contributed by atoms with van der Waals surface area (Å²) in [6.45, 7) is 4.56. The molecule has 0 aliphatic heterocycles. The zero-order chi connectivity index (χ0) is 12.5. The number of hydrogen-bond donors (Lipinski definition) is 1. The molecule has 0 atom stereocenters. The Labute approximate surface area is 111 Å². The first-order chi connectivity index (χ1) is 8.26. The van der Waals surface area contributed by atoms with Gasteiger partial charge in [0, 0.05) is 29.9 Å². The molecule has 0 spiro atoms. The van der Waals surface area contributed by atoms with E-state index in [1.807, 2.05) is 12.1 Å². The Bertz CT molecular complexity index is 387. The van der Waals surface area contributed by atoms with Crippen LogP contribution in [-0.2, 0) is 4.74 Å². The summed E-state index contributed by atoms with van der Waals surface area (Å²) in [6.07, 6.45) is 2.03. The van der Waals surface area contributed by atoms with Gasteiger partial charge in [0.1, 0.15) is 0 Å². The fourth-order valence-electron chi connectivity index (χ4n) is 1.41. The molecule has 0 amide bonds. The summed E-state index contributed by atoms with van der Waals surface area (Å²) >= 11 is 3.38. The Balaban J connectivity index is 2.32. The molecule has 0 saturated carbocycles. The standard InChI is InChI=1S/C13H17BrN2O/c1-2-5-17-6-3-4-16-13-8-11(10-15)7-12(14)9-13/h7-9,16H,2-6H2,1H3. The Kier molecular flexibility index (Phi) is 6.68. The highest BCUT2D eigenvalue weighted by Crippen LogP contribution is 2.19. The molecule has 1 N–H and O–H groups in total. The van der Waals surface area contributed by atoms with Crippen LogP contribution in [0.5, 0.6) is 0 Å². The molecule has 1 rings (SSSR count). The average Bonchev–Trinajstić information content (AvgIpc) is 2.33. The van der Waals surface area contributed by atoms with Crippen LogP contribution in [0.3, 0.4) is 0 Å². The lowest BCUT2D eigenvalue weighted by Gasteiger charge is -2.07. The Morgan fingerprint density at radius 3 is 2.88 bits per heavy atom. The number of hydrogen-bond acceptors (Lipinski definition) is 3. The topological polar surface area (TPSA) is 45.0 Å². The second kappa shape index (κ2) is 8.10. The zero-order valence-electron chi connectivity index (χ0n) is 10.0. The molecule has 0 saturated heterocycles. The lowest BCUT2D eigenvalue weighted by atomic mass is 10.2. The van der Waals surface area contributed by atoms with Crippen LogP contribution >= 0.6 is 15.9 Å². The first-order valence-corrected chi connectivity index (χ1v) is 6.58. The van der Waals surface area contributed by atoms with E-state index < -0.39 is 0 Å². The average molecular weight is 297 g/mol. The number of benzene rings is 1. The molecule has 4 heteroatoms. The first-order valence-electron chi connectivity index (χ1n) is 5.78. The van der Waals surface area contributed by atoms with E-state index in [0.29, 0.717) is 5.56 Å². The van der Waals surface area contributed by atoms with Crippen LogP contribution in [-0.4, -0.2) is 19.8 Å². The second-order valence-electron chi connectivity index (χ2n) is 3.73. The second-order valence-corrected chi connectivity index (χ2v) is 4.65. The highest BCUT2D eigenvalue weighted by Gasteiger charge is 1.98. The largest absolute Gasteiger partial charge is 0.385 e. The van der Waals surface area contributed by atoms with E-state index in [1.165, 1.54) is 0 Å². The Hall–Kier alpha value is -1.05. The molecule has 1 aromatic rings. The van der Waals surface area contributed by atoms with Gasteiger partial charge < -0.3 is 10.1 Å². The summed E-state index contributed by atoms with van der Waals surface area (Å²) in [7, 11) is 0. The van der Waals surface area contributed by atoms with Gasteiger partial charge in [0.25, 0.3) is 0 Å². The number of anilines is 1. The van der Waals surface area contributed by atoms with Crippen LogP contribution in [0.4, 0.5) is 5.69 Å². The monoisotopic (exact) mass is 296 g/mol. The molecule has 0 fully saturated rings. The van der Waals surface area contributed by atoms with Gasteiger partial charge in [-0.15, -0.1) is 0 Å². The van der Waals surface area contributed by atoms with Gasteiger partial charge in [0.05, 0.1) is 11.6 Å². The zero-order valence-corrected chi connectivity index (χ0v) is 11.6. The number of nitriles is 1. The van der Waals surface area contributed by atoms with Gasteiger partial charge in [-0.1, -0.05) is 22.9 Å². The summed E-state index contributed by atoms with van der Waals surface area (Å²) in [6, 6.07) is 7.74. The molecule has 0 heterocycles. The van der Waals surface area contributed by atoms with Crippen LogP contribution in [0.25, 0.3) is 0 Å². The fraction of sp³-hybridized carbons (Fsp3) is 0.462. The van der Waals surface area contributed by atoms with Crippen molar-refractivity contribution < 1.29 is 4.74 Å². The third-order valence-corrected chi connectivity index (χ3v) is 2.63.